The molecule has 2 aliphatic rings. The number of aryl methyl sites for hydroxylation is 2. The number of halogens is 1. The number of amides is 9. The lowest BCUT2D eigenvalue weighted by Gasteiger charge is -2.33. The molecule has 0 spiro atoms. The molecule has 5 atom stereocenters. The van der Waals surface area contributed by atoms with Crippen molar-refractivity contribution in [1.29, 1.82) is 0 Å². The fraction of sp³-hybridized carbons (Fsp3) is 0.533. The van der Waals surface area contributed by atoms with E-state index in [-0.39, 0.29) is 173 Å². The van der Waals surface area contributed by atoms with Gasteiger partial charge in [-0.15, -0.1) is 0 Å². The highest BCUT2D eigenvalue weighted by atomic mass is 127. The van der Waals surface area contributed by atoms with E-state index in [4.69, 9.17) is 11.5 Å². The molecule has 33 heteroatoms. The van der Waals surface area contributed by atoms with Crippen LogP contribution in [0.25, 0.3) is 10.8 Å². The molecule has 1 unspecified atom stereocenters. The number of hydrogen-bond acceptors (Lipinski definition) is 18. The van der Waals surface area contributed by atoms with Crippen LogP contribution in [-0.4, -0.2) is 270 Å². The third-order valence-electron chi connectivity index (χ3n) is 18.7. The Kier molecular flexibility index (Phi) is 37.7. The summed E-state index contributed by atoms with van der Waals surface area (Å²) in [5.74, 6) is -8.49. The first-order valence-corrected chi connectivity index (χ1v) is 37.9. The largest absolute Gasteiger partial charge is 0.507 e. The number of carboxylic acid groups (broad SMARTS) is 3. The minimum atomic E-state index is -1.30. The van der Waals surface area contributed by atoms with Crippen molar-refractivity contribution in [3.8, 4) is 5.75 Å². The summed E-state index contributed by atoms with van der Waals surface area (Å²) in [7, 11) is 1.39. The highest BCUT2D eigenvalue weighted by Gasteiger charge is 2.36. The molecule has 0 aliphatic carbocycles. The lowest BCUT2D eigenvalue weighted by molar-refractivity contribution is -0.142. The number of carbonyl (C=O) groups is 12. The maximum Gasteiger partial charge on any atom is 0.317 e. The number of aliphatic imine (C=N–C) groups is 1. The van der Waals surface area contributed by atoms with E-state index in [1.807, 2.05) is 96.2 Å². The third-order valence-corrected chi connectivity index (χ3v) is 19.6. The number of hydrogen-bond donors (Lipinski definition) is 14. The molecule has 32 nitrogen and oxygen atoms in total. The zero-order chi connectivity index (χ0) is 78.5. The number of nitrogens with zero attached hydrogens (tertiary/aromatic N) is 6. The van der Waals surface area contributed by atoms with Gasteiger partial charge in [-0.25, -0.2) is 0 Å². The number of carboxylic acids is 3. The number of fused-ring (bicyclic) bond motifs is 1. The van der Waals surface area contributed by atoms with E-state index < -0.39 is 96.0 Å². The van der Waals surface area contributed by atoms with Gasteiger partial charge in [0.25, 0.3) is 0 Å². The van der Waals surface area contributed by atoms with Crippen molar-refractivity contribution in [2.75, 3.05) is 118 Å². The van der Waals surface area contributed by atoms with E-state index in [0.717, 1.165) is 28.3 Å². The van der Waals surface area contributed by atoms with Gasteiger partial charge in [0, 0.05) is 111 Å². The molecule has 4 aromatic rings. The molecule has 2 heterocycles. The van der Waals surface area contributed by atoms with E-state index in [0.29, 0.717) is 66.2 Å². The van der Waals surface area contributed by atoms with Gasteiger partial charge >= 0.3 is 17.9 Å². The normalized spacial score (nSPS) is 18.2. The second-order valence-corrected chi connectivity index (χ2v) is 28.6. The number of likely N-dealkylation sites (N-methyl/N-ethyl adjacent to an activating group) is 1. The Bertz CT molecular complexity index is 3680. The van der Waals surface area contributed by atoms with Crippen LogP contribution in [0, 0.1) is 10.5 Å². The number of aliphatic carboxylic acids is 3. The van der Waals surface area contributed by atoms with Crippen LogP contribution >= 0.6 is 22.6 Å². The van der Waals surface area contributed by atoms with Crippen LogP contribution in [0.2, 0.25) is 0 Å². The Morgan fingerprint density at radius 1 is 0.556 bits per heavy atom. The highest BCUT2D eigenvalue weighted by molar-refractivity contribution is 14.1. The summed E-state index contributed by atoms with van der Waals surface area (Å²) in [6.45, 7) is 2.33. The van der Waals surface area contributed by atoms with Gasteiger partial charge in [0.05, 0.1) is 36.3 Å². The average molecular weight is 1620 g/mol. The smallest absolute Gasteiger partial charge is 0.317 e. The SMILES string of the molecule is Cc1ccc(CCCC(=O)NCCCCC(NC(=O)CN2CCN(CC(=O)O)CCN(CC(=O)O)CCN(CC(=O)O)CC2)C(=O)NCCCCCC(=O)NCCC[C@@H]2C(=O)N[C@@H](CCCN=C(N)N)C(=O)N[C@@H](Cc3ccc4ccccc4c3)C(=O)NCC(=O)N[C@H](Cc3ccc(O)c(I)c3)C(=O)N2C)cc1. The molecule has 0 bridgehead atoms. The Morgan fingerprint density at radius 3 is 1.70 bits per heavy atom. The summed E-state index contributed by atoms with van der Waals surface area (Å²) in [6, 6.07) is 19.9. The molecule has 2 aliphatic heterocycles. The first kappa shape index (κ1) is 87.3. The minimum absolute atomic E-state index is 0.00341. The molecule has 4 aromatic carbocycles. The molecule has 0 aromatic heterocycles. The second-order valence-electron chi connectivity index (χ2n) is 27.4. The summed E-state index contributed by atoms with van der Waals surface area (Å²) in [5.41, 5.74) is 14.7. The van der Waals surface area contributed by atoms with E-state index in [1.165, 1.54) is 18.0 Å². The summed E-state index contributed by atoms with van der Waals surface area (Å²) in [6.07, 6.45) is 4.57. The van der Waals surface area contributed by atoms with Gasteiger partial charge in [0.2, 0.25) is 53.2 Å². The van der Waals surface area contributed by atoms with Crippen molar-refractivity contribution < 1.29 is 78.0 Å². The number of guanidine groups is 1. The predicted molar refractivity (Wildman–Crippen MR) is 413 cm³/mol. The molecule has 16 N–H and O–H groups in total. The van der Waals surface area contributed by atoms with Crippen molar-refractivity contribution in [3.63, 3.8) is 0 Å². The van der Waals surface area contributed by atoms with E-state index >= 15 is 0 Å². The molecule has 2 fully saturated rings. The number of aromatic hydroxyl groups is 1. The lowest BCUT2D eigenvalue weighted by atomic mass is 10.00. The topological polar surface area (TPSA) is 463 Å². The van der Waals surface area contributed by atoms with Crippen molar-refractivity contribution in [3.05, 3.63) is 111 Å². The molecular weight excluding hydrogens is 1510 g/mol. The van der Waals surface area contributed by atoms with Crippen LogP contribution in [-0.2, 0) is 76.8 Å². The Hall–Kier alpha value is -9.58. The third kappa shape index (κ3) is 32.9. The van der Waals surface area contributed by atoms with E-state index in [1.54, 1.807) is 31.7 Å². The van der Waals surface area contributed by atoms with Crippen LogP contribution in [0.1, 0.15) is 106 Å². The quantitative estimate of drug-likeness (QED) is 0.0127. The molecule has 6 rings (SSSR count). The van der Waals surface area contributed by atoms with E-state index in [2.05, 4.69) is 47.5 Å². The number of carbonyl (C=O) groups excluding carboxylic acids is 9. The fourth-order valence-corrected chi connectivity index (χ4v) is 13.3. The first-order chi connectivity index (χ1) is 51.7. The fourth-order valence-electron chi connectivity index (χ4n) is 12.7. The zero-order valence-corrected chi connectivity index (χ0v) is 63.9. The van der Waals surface area contributed by atoms with Crippen molar-refractivity contribution in [2.45, 2.75) is 140 Å². The summed E-state index contributed by atoms with van der Waals surface area (Å²) < 4.78 is 0.475. The summed E-state index contributed by atoms with van der Waals surface area (Å²) in [5, 5.41) is 63.8. The summed E-state index contributed by atoms with van der Waals surface area (Å²) in [4.78, 5) is 174. The molecule has 108 heavy (non-hydrogen) atoms. The van der Waals surface area contributed by atoms with Crippen LogP contribution in [0.15, 0.2) is 89.9 Å². The van der Waals surface area contributed by atoms with Crippen molar-refractivity contribution in [1.82, 2.24) is 67.0 Å². The van der Waals surface area contributed by atoms with Crippen LogP contribution in [0.5, 0.6) is 5.75 Å². The molecule has 2 saturated heterocycles. The Morgan fingerprint density at radius 2 is 1.09 bits per heavy atom. The minimum Gasteiger partial charge on any atom is -0.507 e. The molecular formula is C75H107IN16O16. The number of rotatable bonds is 37. The van der Waals surface area contributed by atoms with Gasteiger partial charge < -0.3 is 79.3 Å². The maximum absolute atomic E-state index is 14.8. The molecule has 590 valence electrons. The Labute approximate surface area is 643 Å². The molecule has 9 amide bonds. The summed E-state index contributed by atoms with van der Waals surface area (Å²) >= 11 is 1.93. The first-order valence-electron chi connectivity index (χ1n) is 36.8. The standard InChI is InChI=1S/C75H107IN16O16/c1-50-21-23-51(24-22-50)13-10-20-64(95)79-29-9-7-16-57(84-66(97)46-89-33-35-90(47-67(98)99)37-39-92(49-69(102)103)40-38-91(36-34-89)48-68(100)101)70(104)81-30-8-3-4-19-63(94)80-31-12-18-61-73(107)86-58(17-11-32-82-75(77)78)72(106)87-59(43-52-25-27-54-14-5-6-15-55(54)41-52)71(105)83-45-65(96)85-60(74(108)88(61)2)44-53-26-28-62(93)56(76)42-53/h5-6,14-15,21-28,41-42,57-61,93H,3-4,7-13,16-20,29-40,43-49H2,1-2H3,(H,79,95)(H,80,94)(H,81,104)(H,83,105)(H,84,97)(H,85,96)(H,86,107)(H,87,106)(H,98,99)(H,100,101)(H,102,103)(H4,77,78,82)/t57?,58-,59-,60+,61+/m0/s1. The van der Waals surface area contributed by atoms with Gasteiger partial charge in [-0.2, -0.15) is 0 Å². The number of phenolic OH excluding ortho intramolecular Hbond substituents is 1. The van der Waals surface area contributed by atoms with Gasteiger partial charge in [0.1, 0.15) is 36.0 Å². The lowest BCUT2D eigenvalue weighted by Crippen LogP contribution is -2.58. The van der Waals surface area contributed by atoms with Gasteiger partial charge in [-0.3, -0.25) is 82.1 Å². The predicted octanol–water partition coefficient (Wildman–Crippen LogP) is 0.551. The molecule has 0 radical (unpaired) electrons. The van der Waals surface area contributed by atoms with E-state index in [9.17, 15) is 78.0 Å². The maximum atomic E-state index is 14.8. The monoisotopic (exact) mass is 1610 g/mol. The number of benzene rings is 4. The van der Waals surface area contributed by atoms with Crippen molar-refractivity contribution >= 4 is 110 Å². The van der Waals surface area contributed by atoms with Gasteiger partial charge in [0.15, 0.2) is 5.96 Å². The molecule has 0 saturated carbocycles. The van der Waals surface area contributed by atoms with Crippen LogP contribution in [0.4, 0.5) is 0 Å². The number of phenols is 1. The van der Waals surface area contributed by atoms with Crippen molar-refractivity contribution in [2.24, 2.45) is 16.5 Å². The van der Waals surface area contributed by atoms with Gasteiger partial charge in [-0.05, 0) is 140 Å². The number of nitrogens with one attached hydrogen (secondary N) is 8. The van der Waals surface area contributed by atoms with Crippen LogP contribution < -0.4 is 54.0 Å². The zero-order valence-electron chi connectivity index (χ0n) is 61.7. The second kappa shape index (κ2) is 46.6. The number of nitrogens with two attached hydrogens (primary N) is 2. The Balaban J connectivity index is 1.08. The van der Waals surface area contributed by atoms with Gasteiger partial charge in [-0.1, -0.05) is 84.8 Å². The average Bonchev–Trinajstić information content (AvgIpc) is 1.10. The number of unbranched alkanes of at least 4 members (excludes halogenated alkanes) is 3. The highest BCUT2D eigenvalue weighted by Crippen LogP contribution is 2.23. The van der Waals surface area contributed by atoms with Crippen LogP contribution in [0.3, 0.4) is 0 Å².